The summed E-state index contributed by atoms with van der Waals surface area (Å²) in [6, 6.07) is 13.9. The van der Waals surface area contributed by atoms with Crippen molar-refractivity contribution in [1.82, 2.24) is 0 Å². The van der Waals surface area contributed by atoms with Crippen LogP contribution >= 0.6 is 0 Å². The number of benzene rings is 2. The molecule has 2 aromatic carbocycles. The fourth-order valence-electron chi connectivity index (χ4n) is 3.21. The highest BCUT2D eigenvalue weighted by molar-refractivity contribution is 5.43. The fraction of sp³-hybridized carbons (Fsp3) is 0.350. The number of aliphatic hydroxyl groups is 2. The van der Waals surface area contributed by atoms with Gasteiger partial charge in [-0.3, -0.25) is 0 Å². The lowest BCUT2D eigenvalue weighted by Crippen LogP contribution is -2.33. The summed E-state index contributed by atoms with van der Waals surface area (Å²) in [5.41, 5.74) is 3.17. The third-order valence-corrected chi connectivity index (χ3v) is 4.51. The van der Waals surface area contributed by atoms with Crippen molar-refractivity contribution < 1.29 is 19.3 Å². The second-order valence-corrected chi connectivity index (χ2v) is 6.39. The minimum atomic E-state index is -0.521. The van der Waals surface area contributed by atoms with Crippen molar-refractivity contribution in [2.24, 2.45) is 0 Å². The number of halogens is 1. The van der Waals surface area contributed by atoms with Crippen LogP contribution < -0.4 is 0 Å². The highest BCUT2D eigenvalue weighted by Crippen LogP contribution is 2.32. The number of hydrogen-bond donors (Lipinski definition) is 2. The Morgan fingerprint density at radius 3 is 2.60 bits per heavy atom. The zero-order valence-electron chi connectivity index (χ0n) is 13.7. The minimum absolute atomic E-state index is 0.133. The highest BCUT2D eigenvalue weighted by atomic mass is 19.1. The summed E-state index contributed by atoms with van der Waals surface area (Å²) in [5, 5.41) is 28.7. The Bertz CT molecular complexity index is 770. The topological polar surface area (TPSA) is 73.5 Å². The molecule has 3 rings (SSSR count). The fourth-order valence-corrected chi connectivity index (χ4v) is 3.21. The average molecular weight is 341 g/mol. The predicted molar refractivity (Wildman–Crippen MR) is 90.3 cm³/mol. The van der Waals surface area contributed by atoms with Crippen molar-refractivity contribution in [1.29, 1.82) is 5.26 Å². The SMILES string of the molecule is N#Cc1ccc(C2CC(O)CC(CO)O2)cc1Cc1ccc(F)cc1. The Kier molecular flexibility index (Phi) is 5.44. The van der Waals surface area contributed by atoms with Crippen LogP contribution in [0.3, 0.4) is 0 Å². The first-order chi connectivity index (χ1) is 12.1. The molecule has 0 aromatic heterocycles. The quantitative estimate of drug-likeness (QED) is 0.897. The van der Waals surface area contributed by atoms with Gasteiger partial charge in [0.05, 0.1) is 36.6 Å². The summed E-state index contributed by atoms with van der Waals surface area (Å²) in [4.78, 5) is 0. The van der Waals surface area contributed by atoms with E-state index < -0.39 is 6.10 Å². The second kappa shape index (κ2) is 7.75. The van der Waals surface area contributed by atoms with Crippen LogP contribution in [0.5, 0.6) is 0 Å². The zero-order chi connectivity index (χ0) is 17.8. The molecule has 130 valence electrons. The molecule has 1 aliphatic heterocycles. The van der Waals surface area contributed by atoms with Gasteiger partial charge in [0.2, 0.25) is 0 Å². The van der Waals surface area contributed by atoms with Crippen LogP contribution in [0.4, 0.5) is 4.39 Å². The Labute approximate surface area is 146 Å². The third kappa shape index (κ3) is 4.23. The summed E-state index contributed by atoms with van der Waals surface area (Å²) < 4.78 is 18.9. The predicted octanol–water partition coefficient (Wildman–Crippen LogP) is 2.86. The minimum Gasteiger partial charge on any atom is -0.394 e. The van der Waals surface area contributed by atoms with E-state index in [0.29, 0.717) is 24.8 Å². The van der Waals surface area contributed by atoms with Crippen molar-refractivity contribution in [3.05, 3.63) is 70.5 Å². The number of ether oxygens (including phenoxy) is 1. The van der Waals surface area contributed by atoms with Crippen LogP contribution in [-0.2, 0) is 11.2 Å². The van der Waals surface area contributed by atoms with Gasteiger partial charge in [-0.15, -0.1) is 0 Å². The number of aliphatic hydroxyl groups excluding tert-OH is 2. The third-order valence-electron chi connectivity index (χ3n) is 4.51. The maximum Gasteiger partial charge on any atom is 0.123 e. The van der Waals surface area contributed by atoms with E-state index >= 15 is 0 Å². The first-order valence-corrected chi connectivity index (χ1v) is 8.30. The summed E-state index contributed by atoms with van der Waals surface area (Å²) in [6.07, 6.45) is 0.164. The molecule has 0 saturated carbocycles. The molecule has 1 fully saturated rings. The van der Waals surface area contributed by atoms with E-state index in [0.717, 1.165) is 16.7 Å². The molecule has 1 saturated heterocycles. The number of nitriles is 1. The maximum atomic E-state index is 13.1. The van der Waals surface area contributed by atoms with Gasteiger partial charge in [0.1, 0.15) is 5.82 Å². The van der Waals surface area contributed by atoms with Gasteiger partial charge in [0.15, 0.2) is 0 Å². The Morgan fingerprint density at radius 1 is 1.16 bits per heavy atom. The molecule has 3 unspecified atom stereocenters. The molecular weight excluding hydrogens is 321 g/mol. The standard InChI is InChI=1S/C20H20FNO3/c21-17-5-1-13(2-6-17)7-16-8-14(3-4-15(16)11-22)20-10-18(24)9-19(12-23)25-20/h1-6,8,18-20,23-24H,7,9-10,12H2. The molecule has 0 radical (unpaired) electrons. The van der Waals surface area contributed by atoms with Crippen molar-refractivity contribution in [3.63, 3.8) is 0 Å². The van der Waals surface area contributed by atoms with Gasteiger partial charge in [-0.05, 0) is 41.3 Å². The van der Waals surface area contributed by atoms with E-state index in [9.17, 15) is 19.9 Å². The molecule has 5 heteroatoms. The summed E-state index contributed by atoms with van der Waals surface area (Å²) >= 11 is 0. The molecule has 3 atom stereocenters. The van der Waals surface area contributed by atoms with Crippen LogP contribution in [0, 0.1) is 17.1 Å². The van der Waals surface area contributed by atoms with Crippen LogP contribution in [0.1, 0.15) is 41.2 Å². The lowest BCUT2D eigenvalue weighted by atomic mass is 9.92. The first-order valence-electron chi connectivity index (χ1n) is 8.30. The smallest absolute Gasteiger partial charge is 0.123 e. The van der Waals surface area contributed by atoms with Crippen LogP contribution in [0.2, 0.25) is 0 Å². The van der Waals surface area contributed by atoms with Gasteiger partial charge in [0.25, 0.3) is 0 Å². The van der Waals surface area contributed by atoms with E-state index in [2.05, 4.69) is 6.07 Å². The molecule has 4 nitrogen and oxygen atoms in total. The molecular formula is C20H20FNO3. The van der Waals surface area contributed by atoms with E-state index in [1.54, 1.807) is 18.2 Å². The normalized spacial score (nSPS) is 23.2. The zero-order valence-corrected chi connectivity index (χ0v) is 13.7. The number of hydrogen-bond acceptors (Lipinski definition) is 4. The van der Waals surface area contributed by atoms with Crippen molar-refractivity contribution in [3.8, 4) is 6.07 Å². The van der Waals surface area contributed by atoms with Gasteiger partial charge in [0, 0.05) is 12.8 Å². The number of nitrogens with zero attached hydrogens (tertiary/aromatic N) is 1. The van der Waals surface area contributed by atoms with Gasteiger partial charge in [-0.25, -0.2) is 4.39 Å². The van der Waals surface area contributed by atoms with Crippen molar-refractivity contribution >= 4 is 0 Å². The van der Waals surface area contributed by atoms with Gasteiger partial charge in [-0.1, -0.05) is 24.3 Å². The molecule has 25 heavy (non-hydrogen) atoms. The molecule has 1 heterocycles. The molecule has 2 N–H and O–H groups in total. The van der Waals surface area contributed by atoms with Gasteiger partial charge >= 0.3 is 0 Å². The average Bonchev–Trinajstić information content (AvgIpc) is 2.63. The Morgan fingerprint density at radius 2 is 1.92 bits per heavy atom. The van der Waals surface area contributed by atoms with Crippen molar-refractivity contribution in [2.75, 3.05) is 6.61 Å². The van der Waals surface area contributed by atoms with Gasteiger partial charge < -0.3 is 14.9 Å². The molecule has 0 amide bonds. The Hall–Kier alpha value is -2.26. The van der Waals surface area contributed by atoms with Gasteiger partial charge in [-0.2, -0.15) is 5.26 Å². The second-order valence-electron chi connectivity index (χ2n) is 6.39. The molecule has 1 aliphatic rings. The lowest BCUT2D eigenvalue weighted by molar-refractivity contribution is -0.113. The lowest BCUT2D eigenvalue weighted by Gasteiger charge is -2.32. The summed E-state index contributed by atoms with van der Waals surface area (Å²) in [7, 11) is 0. The molecule has 0 bridgehead atoms. The highest BCUT2D eigenvalue weighted by Gasteiger charge is 2.29. The van der Waals surface area contributed by atoms with Crippen LogP contribution in [-0.4, -0.2) is 29.0 Å². The summed E-state index contributed by atoms with van der Waals surface area (Å²) in [6.45, 7) is -0.133. The van der Waals surface area contributed by atoms with Crippen LogP contribution in [0.25, 0.3) is 0 Å². The molecule has 0 spiro atoms. The largest absolute Gasteiger partial charge is 0.394 e. The monoisotopic (exact) mass is 341 g/mol. The first kappa shape index (κ1) is 17.6. The van der Waals surface area contributed by atoms with Crippen LogP contribution in [0.15, 0.2) is 42.5 Å². The number of rotatable bonds is 4. The van der Waals surface area contributed by atoms with E-state index in [1.807, 2.05) is 12.1 Å². The van der Waals surface area contributed by atoms with Crippen molar-refractivity contribution in [2.45, 2.75) is 37.6 Å². The molecule has 0 aliphatic carbocycles. The molecule has 2 aromatic rings. The maximum absolute atomic E-state index is 13.1. The van der Waals surface area contributed by atoms with E-state index in [-0.39, 0.29) is 24.6 Å². The van der Waals surface area contributed by atoms with E-state index in [1.165, 1.54) is 12.1 Å². The summed E-state index contributed by atoms with van der Waals surface area (Å²) in [5.74, 6) is -0.294. The Balaban J connectivity index is 1.87. The van der Waals surface area contributed by atoms with E-state index in [4.69, 9.17) is 4.74 Å².